The van der Waals surface area contributed by atoms with Gasteiger partial charge in [0.15, 0.2) is 5.96 Å². The van der Waals surface area contributed by atoms with E-state index in [2.05, 4.69) is 44.5 Å². The molecule has 0 radical (unpaired) electrons. The Kier molecular flexibility index (Phi) is 11.0. The molecule has 0 aliphatic carbocycles. The smallest absolute Gasteiger partial charge is 0.191 e. The molecule has 0 atom stereocenters. The number of nitrogens with zero attached hydrogens (tertiary/aromatic N) is 5. The summed E-state index contributed by atoms with van der Waals surface area (Å²) < 4.78 is 1.76. The number of piperidine rings is 1. The van der Waals surface area contributed by atoms with Crippen molar-refractivity contribution in [3.63, 3.8) is 0 Å². The van der Waals surface area contributed by atoms with E-state index in [9.17, 15) is 0 Å². The van der Waals surface area contributed by atoms with E-state index in [1.165, 1.54) is 45.3 Å². The number of hydrogen-bond acceptors (Lipinski definition) is 4. The monoisotopic (exact) mass is 463 g/mol. The summed E-state index contributed by atoms with van der Waals surface area (Å²) in [5.41, 5.74) is 0. The molecule has 0 unspecified atom stereocenters. The number of aryl methyl sites for hydroxylation is 1. The molecule has 8 heteroatoms. The van der Waals surface area contributed by atoms with Crippen molar-refractivity contribution in [2.75, 3.05) is 32.7 Å². The van der Waals surface area contributed by atoms with Crippen molar-refractivity contribution >= 4 is 29.9 Å². The van der Waals surface area contributed by atoms with Gasteiger partial charge in [0.25, 0.3) is 0 Å². The van der Waals surface area contributed by atoms with Gasteiger partial charge in [0.05, 0.1) is 0 Å². The second kappa shape index (κ2) is 12.5. The molecule has 1 aromatic rings. The summed E-state index contributed by atoms with van der Waals surface area (Å²) in [6, 6.07) is 0. The van der Waals surface area contributed by atoms with E-state index in [-0.39, 0.29) is 24.0 Å². The maximum atomic E-state index is 4.57. The lowest BCUT2D eigenvalue weighted by atomic mass is 9.99. The topological polar surface area (TPSA) is 70.4 Å². The van der Waals surface area contributed by atoms with Crippen LogP contribution in [0.15, 0.2) is 11.3 Å². The first-order valence-electron chi connectivity index (χ1n) is 9.26. The first kappa shape index (κ1) is 22.1. The van der Waals surface area contributed by atoms with Crippen LogP contribution in [0, 0.1) is 5.92 Å². The van der Waals surface area contributed by atoms with Crippen LogP contribution in [-0.4, -0.2) is 58.3 Å². The fourth-order valence-corrected chi connectivity index (χ4v) is 2.91. The molecule has 1 aliphatic rings. The third-order valence-electron chi connectivity index (χ3n) is 4.60. The van der Waals surface area contributed by atoms with E-state index in [1.54, 1.807) is 11.0 Å². The van der Waals surface area contributed by atoms with E-state index >= 15 is 0 Å². The fraction of sp³-hybridized carbons (Fsp3) is 0.824. The molecule has 0 spiro atoms. The SMILES string of the molecule is CCNC(=NCc1ncnn1C)NCCCCN1CCC(C)CC1.I. The van der Waals surface area contributed by atoms with Crippen molar-refractivity contribution in [1.29, 1.82) is 0 Å². The Morgan fingerprint density at radius 1 is 1.28 bits per heavy atom. The Morgan fingerprint density at radius 2 is 2.04 bits per heavy atom. The van der Waals surface area contributed by atoms with Gasteiger partial charge in [0.1, 0.15) is 18.7 Å². The first-order valence-corrected chi connectivity index (χ1v) is 9.26. The number of aromatic nitrogens is 3. The molecule has 0 amide bonds. The molecule has 1 fully saturated rings. The van der Waals surface area contributed by atoms with E-state index < -0.39 is 0 Å². The standard InChI is InChI=1S/C17H33N7.HI/c1-4-18-17(20-13-16-21-14-22-23(16)3)19-9-5-6-10-24-11-7-15(2)8-12-24;/h14-15H,4-13H2,1-3H3,(H2,18,19,20);1H. The number of aliphatic imine (C=N–C) groups is 1. The summed E-state index contributed by atoms with van der Waals surface area (Å²) >= 11 is 0. The Bertz CT molecular complexity index is 495. The lowest BCUT2D eigenvalue weighted by Gasteiger charge is -2.30. The minimum Gasteiger partial charge on any atom is -0.357 e. The van der Waals surface area contributed by atoms with E-state index in [0.717, 1.165) is 30.8 Å². The molecule has 0 aromatic carbocycles. The zero-order valence-corrected chi connectivity index (χ0v) is 18.2. The summed E-state index contributed by atoms with van der Waals surface area (Å²) in [4.78, 5) is 11.4. The van der Waals surface area contributed by atoms with Gasteiger partial charge in [0.2, 0.25) is 0 Å². The molecule has 0 saturated carbocycles. The number of guanidine groups is 1. The molecular formula is C17H34IN7. The highest BCUT2D eigenvalue weighted by Crippen LogP contribution is 2.15. The zero-order chi connectivity index (χ0) is 17.2. The summed E-state index contributed by atoms with van der Waals surface area (Å²) in [6.07, 6.45) is 6.69. The van der Waals surface area contributed by atoms with Crippen LogP contribution in [0.3, 0.4) is 0 Å². The molecule has 1 saturated heterocycles. The van der Waals surface area contributed by atoms with Crippen molar-refractivity contribution in [3.8, 4) is 0 Å². The Morgan fingerprint density at radius 3 is 2.68 bits per heavy atom. The van der Waals surface area contributed by atoms with Gasteiger partial charge < -0.3 is 15.5 Å². The second-order valence-electron chi connectivity index (χ2n) is 6.65. The normalized spacial score (nSPS) is 16.5. The van der Waals surface area contributed by atoms with Crippen LogP contribution in [0.25, 0.3) is 0 Å². The van der Waals surface area contributed by atoms with Crippen LogP contribution in [0.1, 0.15) is 45.4 Å². The lowest BCUT2D eigenvalue weighted by molar-refractivity contribution is 0.189. The maximum absolute atomic E-state index is 4.57. The zero-order valence-electron chi connectivity index (χ0n) is 15.9. The van der Waals surface area contributed by atoms with E-state index in [1.807, 2.05) is 7.05 Å². The number of nitrogens with one attached hydrogen (secondary N) is 2. The predicted octanol–water partition coefficient (Wildman–Crippen LogP) is 2.00. The van der Waals surface area contributed by atoms with Crippen LogP contribution in [0.4, 0.5) is 0 Å². The summed E-state index contributed by atoms with van der Waals surface area (Å²) in [6.45, 7) is 10.6. The van der Waals surface area contributed by atoms with Crippen LogP contribution in [-0.2, 0) is 13.6 Å². The molecule has 25 heavy (non-hydrogen) atoms. The molecule has 7 nitrogen and oxygen atoms in total. The highest BCUT2D eigenvalue weighted by Gasteiger charge is 2.14. The highest BCUT2D eigenvalue weighted by atomic mass is 127. The number of unbranched alkanes of at least 4 members (excludes halogenated alkanes) is 1. The van der Waals surface area contributed by atoms with Gasteiger partial charge in [-0.15, -0.1) is 24.0 Å². The molecule has 1 aliphatic heterocycles. The Hall–Kier alpha value is -0.900. The van der Waals surface area contributed by atoms with Crippen molar-refractivity contribution in [3.05, 3.63) is 12.2 Å². The summed E-state index contributed by atoms with van der Waals surface area (Å²) in [5, 5.41) is 10.8. The van der Waals surface area contributed by atoms with Gasteiger partial charge in [-0.3, -0.25) is 4.68 Å². The van der Waals surface area contributed by atoms with Gasteiger partial charge in [-0.25, -0.2) is 9.98 Å². The molecule has 1 aromatic heterocycles. The number of rotatable bonds is 8. The molecule has 2 N–H and O–H groups in total. The first-order chi connectivity index (χ1) is 11.7. The number of halogens is 1. The summed E-state index contributed by atoms with van der Waals surface area (Å²) in [7, 11) is 1.89. The largest absolute Gasteiger partial charge is 0.357 e. The highest BCUT2D eigenvalue weighted by molar-refractivity contribution is 14.0. The molecule has 2 rings (SSSR count). The van der Waals surface area contributed by atoms with Gasteiger partial charge >= 0.3 is 0 Å². The quantitative estimate of drug-likeness (QED) is 0.267. The third kappa shape index (κ3) is 8.35. The fourth-order valence-electron chi connectivity index (χ4n) is 2.91. The second-order valence-corrected chi connectivity index (χ2v) is 6.65. The van der Waals surface area contributed by atoms with Crippen molar-refractivity contribution in [2.45, 2.75) is 46.1 Å². The molecule has 144 valence electrons. The van der Waals surface area contributed by atoms with Gasteiger partial charge in [0, 0.05) is 20.1 Å². The average molecular weight is 463 g/mol. The van der Waals surface area contributed by atoms with E-state index in [4.69, 9.17) is 0 Å². The Balaban J connectivity index is 0.00000312. The van der Waals surface area contributed by atoms with Crippen molar-refractivity contribution < 1.29 is 0 Å². The van der Waals surface area contributed by atoms with Crippen molar-refractivity contribution in [2.24, 2.45) is 18.0 Å². The van der Waals surface area contributed by atoms with Gasteiger partial charge in [-0.05, 0) is 58.2 Å². The van der Waals surface area contributed by atoms with Crippen LogP contribution in [0.2, 0.25) is 0 Å². The van der Waals surface area contributed by atoms with Crippen molar-refractivity contribution in [1.82, 2.24) is 30.3 Å². The number of hydrogen-bond donors (Lipinski definition) is 2. The third-order valence-corrected chi connectivity index (χ3v) is 4.60. The minimum absolute atomic E-state index is 0. The predicted molar refractivity (Wildman–Crippen MR) is 113 cm³/mol. The summed E-state index contributed by atoms with van der Waals surface area (Å²) in [5.74, 6) is 2.63. The Labute approximate surface area is 169 Å². The lowest BCUT2D eigenvalue weighted by Crippen LogP contribution is -2.38. The number of likely N-dealkylation sites (tertiary alicyclic amines) is 1. The van der Waals surface area contributed by atoms with Gasteiger partial charge in [-0.2, -0.15) is 5.10 Å². The van der Waals surface area contributed by atoms with Crippen LogP contribution in [0.5, 0.6) is 0 Å². The minimum atomic E-state index is 0. The van der Waals surface area contributed by atoms with Crippen LogP contribution < -0.4 is 10.6 Å². The average Bonchev–Trinajstić information content (AvgIpc) is 2.99. The molecule has 0 bridgehead atoms. The maximum Gasteiger partial charge on any atom is 0.191 e. The molecule has 2 heterocycles. The van der Waals surface area contributed by atoms with Gasteiger partial charge in [-0.1, -0.05) is 6.92 Å². The van der Waals surface area contributed by atoms with Crippen LogP contribution >= 0.6 is 24.0 Å². The van der Waals surface area contributed by atoms with E-state index in [0.29, 0.717) is 6.54 Å². The molecular weight excluding hydrogens is 429 g/mol.